The normalized spacial score (nSPS) is 33.6. The number of urea groups is 1. The average molecular weight is 284 g/mol. The predicted molar refractivity (Wildman–Crippen MR) is 73.5 cm³/mol. The molecule has 6 heteroatoms. The van der Waals surface area contributed by atoms with Crippen LogP contribution in [0.15, 0.2) is 0 Å². The van der Waals surface area contributed by atoms with Crippen LogP contribution in [0, 0.1) is 11.3 Å². The molecule has 1 unspecified atom stereocenters. The van der Waals surface area contributed by atoms with Gasteiger partial charge < -0.3 is 20.5 Å². The number of carbonyl (C=O) groups is 2. The van der Waals surface area contributed by atoms with Gasteiger partial charge in [0.1, 0.15) is 0 Å². The molecule has 1 aliphatic heterocycles. The minimum absolute atomic E-state index is 0.0400. The van der Waals surface area contributed by atoms with Gasteiger partial charge in [-0.05, 0) is 32.1 Å². The number of aliphatic carboxylic acids is 1. The SMILES string of the molecule is CC1(CNC(=O)NC2CCC(C(=O)O)CC2)CCOC1. The Labute approximate surface area is 119 Å². The van der Waals surface area contributed by atoms with Gasteiger partial charge in [0.05, 0.1) is 12.5 Å². The van der Waals surface area contributed by atoms with Crippen molar-refractivity contribution in [1.82, 2.24) is 10.6 Å². The molecule has 0 radical (unpaired) electrons. The Morgan fingerprint density at radius 3 is 2.55 bits per heavy atom. The van der Waals surface area contributed by atoms with Crippen molar-refractivity contribution in [3.63, 3.8) is 0 Å². The Kier molecular flexibility index (Phi) is 4.86. The van der Waals surface area contributed by atoms with Crippen LogP contribution in [0.4, 0.5) is 4.79 Å². The summed E-state index contributed by atoms with van der Waals surface area (Å²) in [5.74, 6) is -0.965. The number of carboxylic acids is 1. The van der Waals surface area contributed by atoms with Crippen molar-refractivity contribution in [3.05, 3.63) is 0 Å². The topological polar surface area (TPSA) is 87.7 Å². The van der Waals surface area contributed by atoms with E-state index < -0.39 is 5.97 Å². The van der Waals surface area contributed by atoms with E-state index in [1.54, 1.807) is 0 Å². The van der Waals surface area contributed by atoms with Crippen LogP contribution in [0.25, 0.3) is 0 Å². The van der Waals surface area contributed by atoms with Crippen LogP contribution in [-0.4, -0.2) is 42.9 Å². The first-order chi connectivity index (χ1) is 9.48. The van der Waals surface area contributed by atoms with Gasteiger partial charge in [-0.3, -0.25) is 4.79 Å². The van der Waals surface area contributed by atoms with E-state index >= 15 is 0 Å². The Bertz CT molecular complexity index is 358. The summed E-state index contributed by atoms with van der Waals surface area (Å²) in [5.41, 5.74) is 0.0400. The molecule has 0 aromatic heterocycles. The molecule has 20 heavy (non-hydrogen) atoms. The number of carboxylic acid groups (broad SMARTS) is 1. The second-order valence-electron chi connectivity index (χ2n) is 6.33. The maximum atomic E-state index is 11.8. The van der Waals surface area contributed by atoms with Crippen molar-refractivity contribution in [2.75, 3.05) is 19.8 Å². The van der Waals surface area contributed by atoms with Gasteiger partial charge in [-0.25, -0.2) is 4.79 Å². The molecule has 1 atom stereocenters. The maximum Gasteiger partial charge on any atom is 0.315 e. The summed E-state index contributed by atoms with van der Waals surface area (Å²) in [6.07, 6.45) is 3.74. The largest absolute Gasteiger partial charge is 0.481 e. The van der Waals surface area contributed by atoms with Crippen LogP contribution in [0.5, 0.6) is 0 Å². The van der Waals surface area contributed by atoms with E-state index in [2.05, 4.69) is 17.6 Å². The third-order valence-corrected chi connectivity index (χ3v) is 4.39. The fourth-order valence-electron chi connectivity index (χ4n) is 2.86. The van der Waals surface area contributed by atoms with Crippen molar-refractivity contribution in [2.45, 2.75) is 45.1 Å². The molecule has 2 amide bonds. The molecule has 2 aliphatic rings. The third-order valence-electron chi connectivity index (χ3n) is 4.39. The average Bonchev–Trinajstić information content (AvgIpc) is 2.85. The van der Waals surface area contributed by atoms with Crippen molar-refractivity contribution < 1.29 is 19.4 Å². The van der Waals surface area contributed by atoms with Crippen molar-refractivity contribution in [3.8, 4) is 0 Å². The lowest BCUT2D eigenvalue weighted by molar-refractivity contribution is -0.142. The number of hydrogen-bond acceptors (Lipinski definition) is 3. The zero-order valence-corrected chi connectivity index (χ0v) is 12.0. The molecule has 0 bridgehead atoms. The molecule has 0 aromatic carbocycles. The van der Waals surface area contributed by atoms with E-state index in [-0.39, 0.29) is 23.4 Å². The highest BCUT2D eigenvalue weighted by molar-refractivity contribution is 5.74. The molecule has 0 spiro atoms. The molecule has 0 aromatic rings. The number of rotatable bonds is 4. The molecule has 3 N–H and O–H groups in total. The molecular formula is C14H24N2O4. The van der Waals surface area contributed by atoms with Gasteiger partial charge in [-0.15, -0.1) is 0 Å². The highest BCUT2D eigenvalue weighted by atomic mass is 16.5. The Morgan fingerprint density at radius 1 is 1.30 bits per heavy atom. The lowest BCUT2D eigenvalue weighted by Gasteiger charge is -2.28. The molecule has 114 valence electrons. The van der Waals surface area contributed by atoms with E-state index in [1.165, 1.54) is 0 Å². The van der Waals surface area contributed by atoms with Gasteiger partial charge in [0.25, 0.3) is 0 Å². The summed E-state index contributed by atoms with van der Waals surface area (Å²) < 4.78 is 5.35. The summed E-state index contributed by atoms with van der Waals surface area (Å²) in [6, 6.07) is -0.0601. The Morgan fingerprint density at radius 2 is 2.00 bits per heavy atom. The lowest BCUT2D eigenvalue weighted by Crippen LogP contribution is -2.47. The van der Waals surface area contributed by atoms with Gasteiger partial charge in [0.15, 0.2) is 0 Å². The first kappa shape index (κ1) is 15.1. The van der Waals surface area contributed by atoms with Gasteiger partial charge in [-0.2, -0.15) is 0 Å². The molecule has 1 saturated carbocycles. The monoisotopic (exact) mass is 284 g/mol. The first-order valence-corrected chi connectivity index (χ1v) is 7.33. The third kappa shape index (κ3) is 4.10. The van der Waals surface area contributed by atoms with Gasteiger partial charge in [0.2, 0.25) is 0 Å². The van der Waals surface area contributed by atoms with E-state index in [0.717, 1.165) is 25.9 Å². The minimum Gasteiger partial charge on any atom is -0.481 e. The number of ether oxygens (including phenoxy) is 1. The Hall–Kier alpha value is -1.30. The highest BCUT2D eigenvalue weighted by Gasteiger charge is 2.31. The highest BCUT2D eigenvalue weighted by Crippen LogP contribution is 2.27. The lowest BCUT2D eigenvalue weighted by atomic mass is 9.86. The van der Waals surface area contributed by atoms with Crippen LogP contribution in [0.3, 0.4) is 0 Å². The van der Waals surface area contributed by atoms with E-state index in [1.807, 2.05) is 0 Å². The fraction of sp³-hybridized carbons (Fsp3) is 0.857. The smallest absolute Gasteiger partial charge is 0.315 e. The van der Waals surface area contributed by atoms with Crippen molar-refractivity contribution in [1.29, 1.82) is 0 Å². The zero-order valence-electron chi connectivity index (χ0n) is 12.0. The van der Waals surface area contributed by atoms with E-state index in [9.17, 15) is 9.59 Å². The van der Waals surface area contributed by atoms with Crippen LogP contribution in [-0.2, 0) is 9.53 Å². The van der Waals surface area contributed by atoms with Crippen LogP contribution < -0.4 is 10.6 Å². The second-order valence-corrected chi connectivity index (χ2v) is 6.33. The number of carbonyl (C=O) groups excluding carboxylic acids is 1. The Balaban J connectivity index is 1.66. The van der Waals surface area contributed by atoms with Crippen LogP contribution in [0.1, 0.15) is 39.0 Å². The maximum absolute atomic E-state index is 11.8. The van der Waals surface area contributed by atoms with Gasteiger partial charge in [0, 0.05) is 24.6 Å². The molecule has 6 nitrogen and oxygen atoms in total. The fourth-order valence-corrected chi connectivity index (χ4v) is 2.86. The molecule has 1 heterocycles. The summed E-state index contributed by atoms with van der Waals surface area (Å²) in [6.45, 7) is 4.18. The summed E-state index contributed by atoms with van der Waals surface area (Å²) in [7, 11) is 0. The van der Waals surface area contributed by atoms with E-state index in [0.29, 0.717) is 26.0 Å². The summed E-state index contributed by atoms with van der Waals surface area (Å²) in [4.78, 5) is 22.7. The molecular weight excluding hydrogens is 260 g/mol. The molecule has 1 aliphatic carbocycles. The van der Waals surface area contributed by atoms with Gasteiger partial charge in [-0.1, -0.05) is 6.92 Å². The first-order valence-electron chi connectivity index (χ1n) is 7.33. The zero-order chi connectivity index (χ0) is 14.6. The van der Waals surface area contributed by atoms with E-state index in [4.69, 9.17) is 9.84 Å². The second kappa shape index (κ2) is 6.43. The van der Waals surface area contributed by atoms with Crippen LogP contribution >= 0.6 is 0 Å². The van der Waals surface area contributed by atoms with Crippen molar-refractivity contribution >= 4 is 12.0 Å². The molecule has 2 rings (SSSR count). The predicted octanol–water partition coefficient (Wildman–Crippen LogP) is 1.36. The summed E-state index contributed by atoms with van der Waals surface area (Å²) >= 11 is 0. The van der Waals surface area contributed by atoms with Crippen LogP contribution in [0.2, 0.25) is 0 Å². The molecule has 1 saturated heterocycles. The quantitative estimate of drug-likeness (QED) is 0.727. The minimum atomic E-state index is -0.720. The van der Waals surface area contributed by atoms with Crippen molar-refractivity contribution in [2.24, 2.45) is 11.3 Å². The number of amides is 2. The number of nitrogens with one attached hydrogen (secondary N) is 2. The standard InChI is InChI=1S/C14H24N2O4/c1-14(6-7-20-9-14)8-15-13(19)16-11-4-2-10(3-5-11)12(17)18/h10-11H,2-9H2,1H3,(H,17,18)(H2,15,16,19). The van der Waals surface area contributed by atoms with Gasteiger partial charge >= 0.3 is 12.0 Å². The molecule has 2 fully saturated rings. The number of hydrogen-bond donors (Lipinski definition) is 3. The summed E-state index contributed by atoms with van der Waals surface area (Å²) in [5, 5.41) is 14.8.